The summed E-state index contributed by atoms with van der Waals surface area (Å²) in [5, 5.41) is 3.07. The van der Waals surface area contributed by atoms with Gasteiger partial charge in [-0.05, 0) is 48.7 Å². The fraction of sp³-hybridized carbons (Fsp3) is 0.217. The third-order valence-corrected chi connectivity index (χ3v) is 5.26. The molecule has 0 bridgehead atoms. The molecule has 1 N–H and O–H groups in total. The number of nitrogens with one attached hydrogen (secondary N) is 1. The smallest absolute Gasteiger partial charge is 0.326 e. The SMILES string of the molecule is Cc1cccc(NC(=O)N2CCN(Cc3ccccc3)c3ncccc32)c1C. The molecule has 0 aliphatic carbocycles. The van der Waals surface area contributed by atoms with Gasteiger partial charge in [0.2, 0.25) is 0 Å². The maximum atomic E-state index is 13.0. The summed E-state index contributed by atoms with van der Waals surface area (Å²) in [6.45, 7) is 6.20. The first kappa shape index (κ1) is 18.0. The molecule has 5 nitrogen and oxygen atoms in total. The van der Waals surface area contributed by atoms with E-state index >= 15 is 0 Å². The van der Waals surface area contributed by atoms with Crippen LogP contribution in [0.2, 0.25) is 0 Å². The molecule has 28 heavy (non-hydrogen) atoms. The molecule has 1 aliphatic rings. The van der Waals surface area contributed by atoms with Crippen molar-refractivity contribution >= 4 is 23.2 Å². The van der Waals surface area contributed by atoms with Crippen LogP contribution in [0.25, 0.3) is 0 Å². The first-order chi connectivity index (χ1) is 13.6. The molecule has 2 heterocycles. The minimum Gasteiger partial charge on any atom is -0.349 e. The second-order valence-corrected chi connectivity index (χ2v) is 7.08. The summed E-state index contributed by atoms with van der Waals surface area (Å²) < 4.78 is 0. The molecule has 4 rings (SSSR count). The number of nitrogens with zero attached hydrogens (tertiary/aromatic N) is 3. The predicted molar refractivity (Wildman–Crippen MR) is 114 cm³/mol. The number of carbonyl (C=O) groups excluding carboxylic acids is 1. The lowest BCUT2D eigenvalue weighted by Gasteiger charge is -2.36. The van der Waals surface area contributed by atoms with Crippen LogP contribution in [-0.2, 0) is 6.54 Å². The van der Waals surface area contributed by atoms with E-state index in [1.807, 2.05) is 62.4 Å². The van der Waals surface area contributed by atoms with Gasteiger partial charge in [0.1, 0.15) is 0 Å². The molecule has 0 radical (unpaired) electrons. The van der Waals surface area contributed by atoms with Crippen LogP contribution in [0.1, 0.15) is 16.7 Å². The van der Waals surface area contributed by atoms with Gasteiger partial charge < -0.3 is 10.2 Å². The molecule has 5 heteroatoms. The van der Waals surface area contributed by atoms with Crippen LogP contribution < -0.4 is 15.1 Å². The predicted octanol–water partition coefficient (Wildman–Crippen LogP) is 4.76. The van der Waals surface area contributed by atoms with Crippen LogP contribution >= 0.6 is 0 Å². The summed E-state index contributed by atoms with van der Waals surface area (Å²) in [6, 6.07) is 20.0. The summed E-state index contributed by atoms with van der Waals surface area (Å²) >= 11 is 0. The Bertz CT molecular complexity index is 987. The number of aromatic nitrogens is 1. The lowest BCUT2D eigenvalue weighted by atomic mass is 10.1. The minimum absolute atomic E-state index is 0.123. The van der Waals surface area contributed by atoms with Crippen molar-refractivity contribution in [2.75, 3.05) is 28.2 Å². The number of benzene rings is 2. The third-order valence-electron chi connectivity index (χ3n) is 5.26. The maximum Gasteiger partial charge on any atom is 0.326 e. The van der Waals surface area contributed by atoms with Gasteiger partial charge in [-0.25, -0.2) is 9.78 Å². The van der Waals surface area contributed by atoms with Crippen LogP contribution in [0.3, 0.4) is 0 Å². The van der Waals surface area contributed by atoms with Gasteiger partial charge in [0.25, 0.3) is 0 Å². The van der Waals surface area contributed by atoms with Crippen molar-refractivity contribution in [2.24, 2.45) is 0 Å². The fourth-order valence-corrected chi connectivity index (χ4v) is 3.53. The van der Waals surface area contributed by atoms with Crippen molar-refractivity contribution in [3.63, 3.8) is 0 Å². The van der Waals surface area contributed by atoms with Crippen molar-refractivity contribution in [2.45, 2.75) is 20.4 Å². The average molecular weight is 372 g/mol. The molecular weight excluding hydrogens is 348 g/mol. The summed E-state index contributed by atoms with van der Waals surface area (Å²) in [4.78, 5) is 21.6. The quantitative estimate of drug-likeness (QED) is 0.721. The van der Waals surface area contributed by atoms with E-state index in [1.54, 1.807) is 11.1 Å². The molecular formula is C23H24N4O. The lowest BCUT2D eigenvalue weighted by molar-refractivity contribution is 0.256. The summed E-state index contributed by atoms with van der Waals surface area (Å²) in [7, 11) is 0. The number of pyridine rings is 1. The zero-order chi connectivity index (χ0) is 19.5. The van der Waals surface area contributed by atoms with E-state index in [0.29, 0.717) is 6.54 Å². The molecule has 3 aromatic rings. The first-order valence-corrected chi connectivity index (χ1v) is 9.52. The van der Waals surface area contributed by atoms with Crippen LogP contribution in [0, 0.1) is 13.8 Å². The van der Waals surface area contributed by atoms with Gasteiger partial charge in [-0.2, -0.15) is 0 Å². The Kier molecular flexibility index (Phi) is 4.98. The number of hydrogen-bond donors (Lipinski definition) is 1. The average Bonchev–Trinajstić information content (AvgIpc) is 2.72. The molecule has 0 atom stereocenters. The number of fused-ring (bicyclic) bond motifs is 1. The number of amides is 2. The highest BCUT2D eigenvalue weighted by atomic mass is 16.2. The molecule has 0 saturated heterocycles. The van der Waals surface area contributed by atoms with Crippen molar-refractivity contribution in [3.05, 3.63) is 83.6 Å². The van der Waals surface area contributed by atoms with Crippen molar-refractivity contribution in [1.29, 1.82) is 0 Å². The third kappa shape index (κ3) is 3.56. The van der Waals surface area contributed by atoms with Crippen LogP contribution in [0.5, 0.6) is 0 Å². The van der Waals surface area contributed by atoms with Gasteiger partial charge in [-0.3, -0.25) is 4.90 Å². The highest BCUT2D eigenvalue weighted by molar-refractivity contribution is 6.04. The normalized spacial score (nSPS) is 13.2. The monoisotopic (exact) mass is 372 g/mol. The Morgan fingerprint density at radius 3 is 2.64 bits per heavy atom. The highest BCUT2D eigenvalue weighted by Crippen LogP contribution is 2.32. The number of rotatable bonds is 3. The Labute approximate surface area is 165 Å². The van der Waals surface area contributed by atoms with Gasteiger partial charge in [0, 0.05) is 31.5 Å². The zero-order valence-corrected chi connectivity index (χ0v) is 16.2. The highest BCUT2D eigenvalue weighted by Gasteiger charge is 2.28. The number of anilines is 3. The largest absolute Gasteiger partial charge is 0.349 e. The van der Waals surface area contributed by atoms with E-state index in [4.69, 9.17) is 0 Å². The Hall–Kier alpha value is -3.34. The van der Waals surface area contributed by atoms with Crippen molar-refractivity contribution in [3.8, 4) is 0 Å². The Morgan fingerprint density at radius 1 is 1.00 bits per heavy atom. The Balaban J connectivity index is 1.58. The minimum atomic E-state index is -0.123. The van der Waals surface area contributed by atoms with E-state index in [1.165, 1.54) is 5.56 Å². The molecule has 0 saturated carbocycles. The molecule has 0 fully saturated rings. The van der Waals surface area contributed by atoms with E-state index < -0.39 is 0 Å². The molecule has 1 aromatic heterocycles. The number of carbonyl (C=O) groups is 1. The van der Waals surface area contributed by atoms with Crippen LogP contribution in [0.15, 0.2) is 66.9 Å². The second kappa shape index (κ2) is 7.72. The van der Waals surface area contributed by atoms with Crippen LogP contribution in [0.4, 0.5) is 22.0 Å². The molecule has 2 aromatic carbocycles. The van der Waals surface area contributed by atoms with Gasteiger partial charge >= 0.3 is 6.03 Å². The molecule has 142 valence electrons. The van der Waals surface area contributed by atoms with Crippen LogP contribution in [-0.4, -0.2) is 24.1 Å². The van der Waals surface area contributed by atoms with Crippen molar-refractivity contribution in [1.82, 2.24) is 4.98 Å². The van der Waals surface area contributed by atoms with Gasteiger partial charge in [0.05, 0.1) is 5.69 Å². The van der Waals surface area contributed by atoms with Gasteiger partial charge in [-0.1, -0.05) is 42.5 Å². The fourth-order valence-electron chi connectivity index (χ4n) is 3.53. The van der Waals surface area contributed by atoms with Crippen molar-refractivity contribution < 1.29 is 4.79 Å². The standard InChI is InChI=1S/C23H24N4O/c1-17-8-6-11-20(18(17)2)25-23(28)27-15-14-26(16-19-9-4-3-5-10-19)22-21(27)12-7-13-24-22/h3-13H,14-16H2,1-2H3,(H,25,28). The summed E-state index contributed by atoms with van der Waals surface area (Å²) in [5.74, 6) is 0.841. The lowest BCUT2D eigenvalue weighted by Crippen LogP contribution is -2.46. The van der Waals surface area contributed by atoms with E-state index in [0.717, 1.165) is 41.4 Å². The van der Waals surface area contributed by atoms with E-state index in [-0.39, 0.29) is 6.03 Å². The number of urea groups is 1. The van der Waals surface area contributed by atoms with Gasteiger partial charge in [-0.15, -0.1) is 0 Å². The van der Waals surface area contributed by atoms with Gasteiger partial charge in [0.15, 0.2) is 5.82 Å². The molecule has 0 unspecified atom stereocenters. The van der Waals surface area contributed by atoms with E-state index in [9.17, 15) is 4.79 Å². The molecule has 2 amide bonds. The first-order valence-electron chi connectivity index (χ1n) is 9.52. The zero-order valence-electron chi connectivity index (χ0n) is 16.2. The topological polar surface area (TPSA) is 48.5 Å². The summed E-state index contributed by atoms with van der Waals surface area (Å²) in [6.07, 6.45) is 1.78. The number of hydrogen-bond acceptors (Lipinski definition) is 3. The number of aryl methyl sites for hydroxylation is 1. The summed E-state index contributed by atoms with van der Waals surface area (Å²) in [5.41, 5.74) is 5.17. The maximum absolute atomic E-state index is 13.0. The Morgan fingerprint density at radius 2 is 1.82 bits per heavy atom. The second-order valence-electron chi connectivity index (χ2n) is 7.08. The molecule has 0 spiro atoms. The van der Waals surface area contributed by atoms with E-state index in [2.05, 4.69) is 27.3 Å². The molecule has 1 aliphatic heterocycles.